The largest absolute Gasteiger partial charge is 0.361 e. The lowest BCUT2D eigenvalue weighted by atomic mass is 9.84. The Hall–Kier alpha value is -1.52. The van der Waals surface area contributed by atoms with E-state index >= 15 is 0 Å². The van der Waals surface area contributed by atoms with Crippen LogP contribution < -0.4 is 10.6 Å². The van der Waals surface area contributed by atoms with Gasteiger partial charge in [-0.25, -0.2) is 0 Å². The fourth-order valence-corrected chi connectivity index (χ4v) is 3.67. The summed E-state index contributed by atoms with van der Waals surface area (Å²) in [4.78, 5) is 4.87. The van der Waals surface area contributed by atoms with Crippen LogP contribution >= 0.6 is 0 Å². The zero-order chi connectivity index (χ0) is 17.4. The normalized spacial score (nSPS) is 17.2. The number of aliphatic imine (C=N–C) groups is 1. The van der Waals surface area contributed by atoms with Crippen LogP contribution in [0.15, 0.2) is 9.52 Å². The Morgan fingerprint density at radius 1 is 1.21 bits per heavy atom. The molecule has 1 saturated carbocycles. The summed E-state index contributed by atoms with van der Waals surface area (Å²) < 4.78 is 5.22. The van der Waals surface area contributed by atoms with Gasteiger partial charge < -0.3 is 15.2 Å². The van der Waals surface area contributed by atoms with Crippen LogP contribution in [0.3, 0.4) is 0 Å². The van der Waals surface area contributed by atoms with Gasteiger partial charge >= 0.3 is 0 Å². The molecule has 136 valence electrons. The monoisotopic (exact) mass is 334 g/mol. The predicted octanol–water partition coefficient (Wildman–Crippen LogP) is 3.75. The van der Waals surface area contributed by atoms with Gasteiger partial charge in [0.2, 0.25) is 0 Å². The number of nitrogens with one attached hydrogen (secondary N) is 2. The molecule has 1 aliphatic carbocycles. The Morgan fingerprint density at radius 2 is 1.96 bits per heavy atom. The average molecular weight is 335 g/mol. The van der Waals surface area contributed by atoms with Crippen LogP contribution in [-0.4, -0.2) is 30.8 Å². The number of hydrogen-bond acceptors (Lipinski definition) is 3. The molecule has 24 heavy (non-hydrogen) atoms. The molecule has 1 aliphatic rings. The summed E-state index contributed by atoms with van der Waals surface area (Å²) in [7, 11) is 0. The third kappa shape index (κ3) is 4.99. The highest BCUT2D eigenvalue weighted by Gasteiger charge is 2.31. The maximum absolute atomic E-state index is 5.22. The molecule has 0 spiro atoms. The SMILES string of the molecule is CCNC(=NCC1(CC)CCCC1)NCCCc1c(C)noc1C. The lowest BCUT2D eigenvalue weighted by molar-refractivity contribution is 0.297. The molecule has 5 heteroatoms. The molecule has 0 atom stereocenters. The first-order chi connectivity index (χ1) is 11.6. The number of guanidine groups is 1. The third-order valence-electron chi connectivity index (χ3n) is 5.41. The van der Waals surface area contributed by atoms with Crippen molar-refractivity contribution in [2.24, 2.45) is 10.4 Å². The first kappa shape index (κ1) is 18.8. The molecule has 2 rings (SSSR count). The zero-order valence-corrected chi connectivity index (χ0v) is 15.9. The van der Waals surface area contributed by atoms with Gasteiger partial charge in [0.05, 0.1) is 5.69 Å². The van der Waals surface area contributed by atoms with Crippen LogP contribution in [0.4, 0.5) is 0 Å². The second-order valence-electron chi connectivity index (χ2n) is 7.09. The molecule has 1 heterocycles. The van der Waals surface area contributed by atoms with E-state index in [0.29, 0.717) is 5.41 Å². The Kier molecular flexibility index (Phi) is 7.13. The van der Waals surface area contributed by atoms with E-state index in [1.54, 1.807) is 0 Å². The summed E-state index contributed by atoms with van der Waals surface area (Å²) in [6.07, 6.45) is 8.67. The van der Waals surface area contributed by atoms with Gasteiger partial charge in [0, 0.05) is 25.2 Å². The first-order valence-corrected chi connectivity index (χ1v) is 9.54. The Labute approximate surface area is 146 Å². The highest BCUT2D eigenvalue weighted by molar-refractivity contribution is 5.79. The Bertz CT molecular complexity index is 510. The van der Waals surface area contributed by atoms with Crippen molar-refractivity contribution in [3.8, 4) is 0 Å². The minimum Gasteiger partial charge on any atom is -0.361 e. The van der Waals surface area contributed by atoms with Crippen LogP contribution in [0, 0.1) is 19.3 Å². The quantitative estimate of drug-likeness (QED) is 0.432. The number of aromatic nitrogens is 1. The van der Waals surface area contributed by atoms with Crippen molar-refractivity contribution in [1.29, 1.82) is 0 Å². The van der Waals surface area contributed by atoms with Crippen molar-refractivity contribution in [3.05, 3.63) is 17.0 Å². The molecule has 0 aliphatic heterocycles. The van der Waals surface area contributed by atoms with E-state index in [1.165, 1.54) is 37.7 Å². The summed E-state index contributed by atoms with van der Waals surface area (Å²) >= 11 is 0. The van der Waals surface area contributed by atoms with Crippen molar-refractivity contribution in [2.45, 2.75) is 72.6 Å². The smallest absolute Gasteiger partial charge is 0.191 e. The zero-order valence-electron chi connectivity index (χ0n) is 15.9. The molecule has 0 saturated heterocycles. The summed E-state index contributed by atoms with van der Waals surface area (Å²) in [5.41, 5.74) is 2.70. The van der Waals surface area contributed by atoms with Gasteiger partial charge in [-0.15, -0.1) is 0 Å². The molecule has 0 bridgehead atoms. The van der Waals surface area contributed by atoms with Crippen LogP contribution in [-0.2, 0) is 6.42 Å². The predicted molar refractivity (Wildman–Crippen MR) is 99.5 cm³/mol. The van der Waals surface area contributed by atoms with Crippen LogP contribution in [0.2, 0.25) is 0 Å². The fourth-order valence-electron chi connectivity index (χ4n) is 3.67. The van der Waals surface area contributed by atoms with Crippen LogP contribution in [0.5, 0.6) is 0 Å². The topological polar surface area (TPSA) is 62.5 Å². The van der Waals surface area contributed by atoms with Crippen molar-refractivity contribution in [2.75, 3.05) is 19.6 Å². The minimum absolute atomic E-state index is 0.443. The summed E-state index contributed by atoms with van der Waals surface area (Å²) in [5, 5.41) is 10.9. The van der Waals surface area contributed by atoms with E-state index in [-0.39, 0.29) is 0 Å². The van der Waals surface area contributed by atoms with Crippen molar-refractivity contribution in [3.63, 3.8) is 0 Å². The van der Waals surface area contributed by atoms with E-state index < -0.39 is 0 Å². The lowest BCUT2D eigenvalue weighted by Gasteiger charge is -2.25. The van der Waals surface area contributed by atoms with E-state index in [4.69, 9.17) is 9.52 Å². The molecule has 0 unspecified atom stereocenters. The molecule has 1 fully saturated rings. The second kappa shape index (κ2) is 9.09. The van der Waals surface area contributed by atoms with Gasteiger partial charge in [0.25, 0.3) is 0 Å². The Morgan fingerprint density at radius 3 is 2.54 bits per heavy atom. The highest BCUT2D eigenvalue weighted by Crippen LogP contribution is 2.41. The van der Waals surface area contributed by atoms with Crippen LogP contribution in [0.1, 0.15) is 69.4 Å². The standard InChI is InChI=1S/C19H34N4O/c1-5-19(11-7-8-12-19)14-22-18(20-6-2)21-13-9-10-17-15(3)23-24-16(17)4/h5-14H2,1-4H3,(H2,20,21,22). The summed E-state index contributed by atoms with van der Waals surface area (Å²) in [5.74, 6) is 1.90. The number of rotatable bonds is 8. The molecule has 5 nitrogen and oxygen atoms in total. The van der Waals surface area contributed by atoms with Gasteiger partial charge in [-0.3, -0.25) is 4.99 Å². The summed E-state index contributed by atoms with van der Waals surface area (Å²) in [6, 6.07) is 0. The average Bonchev–Trinajstić information content (AvgIpc) is 3.18. The first-order valence-electron chi connectivity index (χ1n) is 9.54. The van der Waals surface area contributed by atoms with E-state index in [2.05, 4.69) is 29.6 Å². The molecule has 2 N–H and O–H groups in total. The van der Waals surface area contributed by atoms with Gasteiger partial charge in [-0.2, -0.15) is 0 Å². The molecule has 0 amide bonds. The highest BCUT2D eigenvalue weighted by atomic mass is 16.5. The molecular formula is C19H34N4O. The van der Waals surface area contributed by atoms with Gasteiger partial charge in [0.1, 0.15) is 5.76 Å². The van der Waals surface area contributed by atoms with Crippen molar-refractivity contribution >= 4 is 5.96 Å². The van der Waals surface area contributed by atoms with E-state index in [9.17, 15) is 0 Å². The summed E-state index contributed by atoms with van der Waals surface area (Å²) in [6.45, 7) is 11.2. The number of hydrogen-bond donors (Lipinski definition) is 2. The van der Waals surface area contributed by atoms with Crippen molar-refractivity contribution < 1.29 is 4.52 Å². The Balaban J connectivity index is 1.81. The third-order valence-corrected chi connectivity index (χ3v) is 5.41. The molecule has 0 radical (unpaired) electrons. The molecule has 0 aromatic carbocycles. The lowest BCUT2D eigenvalue weighted by Crippen LogP contribution is -2.39. The fraction of sp³-hybridized carbons (Fsp3) is 0.789. The van der Waals surface area contributed by atoms with Crippen molar-refractivity contribution in [1.82, 2.24) is 15.8 Å². The maximum Gasteiger partial charge on any atom is 0.191 e. The molecular weight excluding hydrogens is 300 g/mol. The van der Waals surface area contributed by atoms with Gasteiger partial charge in [0.15, 0.2) is 5.96 Å². The maximum atomic E-state index is 5.22. The van der Waals surface area contributed by atoms with E-state index in [0.717, 1.165) is 49.9 Å². The number of nitrogens with zero attached hydrogens (tertiary/aromatic N) is 2. The number of aryl methyl sites for hydroxylation is 2. The molecule has 1 aromatic rings. The molecule has 1 aromatic heterocycles. The minimum atomic E-state index is 0.443. The van der Waals surface area contributed by atoms with Gasteiger partial charge in [-0.05, 0) is 58.3 Å². The van der Waals surface area contributed by atoms with Gasteiger partial charge in [-0.1, -0.05) is 24.9 Å². The van der Waals surface area contributed by atoms with Crippen LogP contribution in [0.25, 0.3) is 0 Å². The second-order valence-corrected chi connectivity index (χ2v) is 7.09. The van der Waals surface area contributed by atoms with E-state index in [1.807, 2.05) is 13.8 Å².